The third-order valence-corrected chi connectivity index (χ3v) is 3.10. The molecule has 0 aliphatic heterocycles. The Hall–Kier alpha value is -1.35. The molecule has 0 bridgehead atoms. The first-order valence-electron chi connectivity index (χ1n) is 6.70. The molecule has 0 aliphatic rings. The van der Waals surface area contributed by atoms with E-state index in [-0.39, 0.29) is 0 Å². The van der Waals surface area contributed by atoms with Crippen molar-refractivity contribution in [3.8, 4) is 0 Å². The van der Waals surface area contributed by atoms with Crippen LogP contribution in [0.1, 0.15) is 50.7 Å². The van der Waals surface area contributed by atoms with Crippen molar-refractivity contribution >= 4 is 5.52 Å². The molecule has 3 nitrogen and oxygen atoms in total. The molecule has 18 heavy (non-hydrogen) atoms. The standard InChI is InChI=1S/C15H23N3/c1-10(2)15-17-13(9-16-11(3)4)14-8-12(5)6-7-18(14)15/h6-8,10-11,16H,9H2,1-5H3. The van der Waals surface area contributed by atoms with E-state index in [9.17, 15) is 0 Å². The van der Waals surface area contributed by atoms with E-state index in [1.165, 1.54) is 11.1 Å². The summed E-state index contributed by atoms with van der Waals surface area (Å²) in [6.07, 6.45) is 2.13. The third-order valence-electron chi connectivity index (χ3n) is 3.10. The quantitative estimate of drug-likeness (QED) is 0.896. The molecule has 0 spiro atoms. The number of hydrogen-bond acceptors (Lipinski definition) is 2. The van der Waals surface area contributed by atoms with E-state index in [4.69, 9.17) is 4.98 Å². The van der Waals surface area contributed by atoms with Gasteiger partial charge in [-0.2, -0.15) is 0 Å². The summed E-state index contributed by atoms with van der Waals surface area (Å²) in [6.45, 7) is 11.7. The van der Waals surface area contributed by atoms with E-state index in [2.05, 4.69) is 62.7 Å². The number of rotatable bonds is 4. The average molecular weight is 245 g/mol. The van der Waals surface area contributed by atoms with Crippen LogP contribution in [0.15, 0.2) is 18.3 Å². The first-order valence-corrected chi connectivity index (χ1v) is 6.70. The molecular weight excluding hydrogens is 222 g/mol. The molecule has 2 aromatic heterocycles. The summed E-state index contributed by atoms with van der Waals surface area (Å²) in [6, 6.07) is 4.84. The van der Waals surface area contributed by atoms with Crippen LogP contribution >= 0.6 is 0 Å². The lowest BCUT2D eigenvalue weighted by Gasteiger charge is -2.06. The minimum atomic E-state index is 0.438. The van der Waals surface area contributed by atoms with E-state index < -0.39 is 0 Å². The van der Waals surface area contributed by atoms with Crippen molar-refractivity contribution in [3.05, 3.63) is 35.4 Å². The Balaban J connectivity index is 2.48. The molecule has 3 heteroatoms. The molecule has 0 saturated carbocycles. The smallest absolute Gasteiger partial charge is 0.116 e. The van der Waals surface area contributed by atoms with Crippen molar-refractivity contribution < 1.29 is 0 Å². The summed E-state index contributed by atoms with van der Waals surface area (Å²) in [5.41, 5.74) is 3.66. The number of hydrogen-bond donors (Lipinski definition) is 1. The van der Waals surface area contributed by atoms with Gasteiger partial charge in [0.1, 0.15) is 5.82 Å². The Morgan fingerprint density at radius 3 is 2.61 bits per heavy atom. The summed E-state index contributed by atoms with van der Waals surface area (Å²) in [5.74, 6) is 1.58. The van der Waals surface area contributed by atoms with Gasteiger partial charge in [-0.05, 0) is 24.6 Å². The topological polar surface area (TPSA) is 29.3 Å². The predicted octanol–water partition coefficient (Wildman–Crippen LogP) is 3.26. The minimum Gasteiger partial charge on any atom is -0.309 e. The minimum absolute atomic E-state index is 0.438. The van der Waals surface area contributed by atoms with E-state index in [0.717, 1.165) is 18.1 Å². The molecule has 0 radical (unpaired) electrons. The Kier molecular flexibility index (Phi) is 3.71. The van der Waals surface area contributed by atoms with Gasteiger partial charge in [0, 0.05) is 24.7 Å². The maximum atomic E-state index is 4.80. The lowest BCUT2D eigenvalue weighted by molar-refractivity contribution is 0.583. The molecule has 2 aromatic rings. The fraction of sp³-hybridized carbons (Fsp3) is 0.533. The average Bonchev–Trinajstić information content (AvgIpc) is 2.64. The Labute approximate surface area is 109 Å². The van der Waals surface area contributed by atoms with Gasteiger partial charge in [-0.15, -0.1) is 0 Å². The Morgan fingerprint density at radius 2 is 2.00 bits per heavy atom. The normalized spacial score (nSPS) is 11.9. The van der Waals surface area contributed by atoms with E-state index in [1.807, 2.05) is 0 Å². The highest BCUT2D eigenvalue weighted by Crippen LogP contribution is 2.20. The van der Waals surface area contributed by atoms with Crippen molar-refractivity contribution in [1.82, 2.24) is 14.7 Å². The zero-order valence-electron chi connectivity index (χ0n) is 12.0. The molecule has 98 valence electrons. The molecule has 2 heterocycles. The van der Waals surface area contributed by atoms with Crippen molar-refractivity contribution in [3.63, 3.8) is 0 Å². The summed E-state index contributed by atoms with van der Waals surface area (Å²) in [4.78, 5) is 4.80. The monoisotopic (exact) mass is 245 g/mol. The summed E-state index contributed by atoms with van der Waals surface area (Å²) in [5, 5.41) is 3.45. The number of nitrogens with zero attached hydrogens (tertiary/aromatic N) is 2. The zero-order valence-corrected chi connectivity index (χ0v) is 12.0. The maximum Gasteiger partial charge on any atom is 0.116 e. The van der Waals surface area contributed by atoms with Crippen LogP contribution in [-0.2, 0) is 6.54 Å². The van der Waals surface area contributed by atoms with Crippen LogP contribution < -0.4 is 5.32 Å². The van der Waals surface area contributed by atoms with Crippen LogP contribution in [0, 0.1) is 6.92 Å². The van der Waals surface area contributed by atoms with Crippen molar-refractivity contribution in [2.45, 2.75) is 53.1 Å². The molecule has 0 amide bonds. The Bertz CT molecular complexity index is 538. The van der Waals surface area contributed by atoms with Crippen LogP contribution in [0.25, 0.3) is 5.52 Å². The highest BCUT2D eigenvalue weighted by Gasteiger charge is 2.13. The van der Waals surface area contributed by atoms with Crippen LogP contribution in [0.4, 0.5) is 0 Å². The van der Waals surface area contributed by atoms with Crippen molar-refractivity contribution in [2.75, 3.05) is 0 Å². The second-order valence-corrected chi connectivity index (χ2v) is 5.57. The first-order chi connectivity index (χ1) is 8.49. The van der Waals surface area contributed by atoms with Crippen LogP contribution in [0.3, 0.4) is 0 Å². The zero-order chi connectivity index (χ0) is 13.3. The molecule has 0 fully saturated rings. The molecule has 0 unspecified atom stereocenters. The molecule has 0 aromatic carbocycles. The van der Waals surface area contributed by atoms with Crippen LogP contribution in [0.5, 0.6) is 0 Å². The molecule has 0 aliphatic carbocycles. The van der Waals surface area contributed by atoms with Crippen LogP contribution in [-0.4, -0.2) is 15.4 Å². The van der Waals surface area contributed by atoms with Gasteiger partial charge in [0.2, 0.25) is 0 Å². The highest BCUT2D eigenvalue weighted by molar-refractivity contribution is 5.55. The summed E-state index contributed by atoms with van der Waals surface area (Å²) >= 11 is 0. The van der Waals surface area contributed by atoms with Crippen LogP contribution in [0.2, 0.25) is 0 Å². The molecule has 2 rings (SSSR count). The van der Waals surface area contributed by atoms with Gasteiger partial charge in [0.15, 0.2) is 0 Å². The van der Waals surface area contributed by atoms with Gasteiger partial charge in [0.25, 0.3) is 0 Å². The molecule has 0 saturated heterocycles. The highest BCUT2D eigenvalue weighted by atomic mass is 15.0. The number of aryl methyl sites for hydroxylation is 1. The van der Waals surface area contributed by atoms with E-state index >= 15 is 0 Å². The van der Waals surface area contributed by atoms with E-state index in [0.29, 0.717) is 12.0 Å². The van der Waals surface area contributed by atoms with Gasteiger partial charge < -0.3 is 9.72 Å². The number of fused-ring (bicyclic) bond motifs is 1. The Morgan fingerprint density at radius 1 is 1.28 bits per heavy atom. The van der Waals surface area contributed by atoms with E-state index in [1.54, 1.807) is 0 Å². The first kappa shape index (κ1) is 13.1. The number of pyridine rings is 1. The van der Waals surface area contributed by atoms with Crippen molar-refractivity contribution in [2.24, 2.45) is 0 Å². The van der Waals surface area contributed by atoms with Gasteiger partial charge >= 0.3 is 0 Å². The van der Waals surface area contributed by atoms with Gasteiger partial charge in [-0.3, -0.25) is 0 Å². The second-order valence-electron chi connectivity index (χ2n) is 5.57. The lowest BCUT2D eigenvalue weighted by atomic mass is 10.2. The predicted molar refractivity (Wildman–Crippen MR) is 76.0 cm³/mol. The lowest BCUT2D eigenvalue weighted by Crippen LogP contribution is -2.22. The fourth-order valence-electron chi connectivity index (χ4n) is 2.12. The van der Waals surface area contributed by atoms with Gasteiger partial charge in [-0.25, -0.2) is 4.98 Å². The number of aromatic nitrogens is 2. The van der Waals surface area contributed by atoms with Gasteiger partial charge in [0.05, 0.1) is 11.2 Å². The largest absolute Gasteiger partial charge is 0.309 e. The maximum absolute atomic E-state index is 4.80. The fourth-order valence-corrected chi connectivity index (χ4v) is 2.12. The van der Waals surface area contributed by atoms with Crippen molar-refractivity contribution in [1.29, 1.82) is 0 Å². The van der Waals surface area contributed by atoms with Gasteiger partial charge in [-0.1, -0.05) is 27.7 Å². The SMILES string of the molecule is Cc1ccn2c(C(C)C)nc(CNC(C)C)c2c1. The summed E-state index contributed by atoms with van der Waals surface area (Å²) in [7, 11) is 0. The molecule has 1 N–H and O–H groups in total. The number of nitrogens with one attached hydrogen (secondary N) is 1. The molecular formula is C15H23N3. The summed E-state index contributed by atoms with van der Waals surface area (Å²) < 4.78 is 2.22. The molecule has 0 atom stereocenters. The second kappa shape index (κ2) is 5.11. The third kappa shape index (κ3) is 2.56. The number of imidazole rings is 1.